The van der Waals surface area contributed by atoms with Crippen LogP contribution in [0.2, 0.25) is 0 Å². The summed E-state index contributed by atoms with van der Waals surface area (Å²) in [7, 11) is 2.78. The van der Waals surface area contributed by atoms with Gasteiger partial charge in [0.05, 0.1) is 0 Å². The number of halogens is 1. The summed E-state index contributed by atoms with van der Waals surface area (Å²) >= 11 is 0. The molecule has 0 rings (SSSR count). The first-order valence-electron chi connectivity index (χ1n) is 3.18. The lowest BCUT2D eigenvalue weighted by molar-refractivity contribution is 0.288. The van der Waals surface area contributed by atoms with Crippen molar-refractivity contribution in [2.75, 3.05) is 6.16 Å². The van der Waals surface area contributed by atoms with E-state index in [1.807, 2.05) is 0 Å². The summed E-state index contributed by atoms with van der Waals surface area (Å²) in [5.41, 5.74) is 0.488. The van der Waals surface area contributed by atoms with Gasteiger partial charge in [0, 0.05) is 0 Å². The summed E-state index contributed by atoms with van der Waals surface area (Å²) < 4.78 is 0. The Kier molecular flexibility index (Phi) is 6.23. The summed E-state index contributed by atoms with van der Waals surface area (Å²) in [5.74, 6) is 0.812. The third kappa shape index (κ3) is 5.18. The van der Waals surface area contributed by atoms with Crippen LogP contribution in [0.1, 0.15) is 27.7 Å². The quantitative estimate of drug-likeness (QED) is 0.528. The van der Waals surface area contributed by atoms with Crippen LogP contribution in [0, 0.1) is 11.3 Å². The van der Waals surface area contributed by atoms with Crippen molar-refractivity contribution in [3.63, 3.8) is 0 Å². The fraction of sp³-hybridized carbons (Fsp3) is 1.00. The summed E-state index contributed by atoms with van der Waals surface area (Å²) in [5, 5.41) is 0. The SMILES string of the molecule is CC(CP)C(C)(C)C.Cl. The van der Waals surface area contributed by atoms with Crippen molar-refractivity contribution >= 4 is 21.6 Å². The van der Waals surface area contributed by atoms with Gasteiger partial charge in [-0.25, -0.2) is 0 Å². The monoisotopic (exact) mass is 168 g/mol. The van der Waals surface area contributed by atoms with Crippen LogP contribution >= 0.6 is 21.6 Å². The van der Waals surface area contributed by atoms with E-state index in [2.05, 4.69) is 36.9 Å². The highest BCUT2D eigenvalue weighted by molar-refractivity contribution is 7.16. The average molecular weight is 169 g/mol. The zero-order chi connectivity index (χ0) is 6.78. The molecule has 2 heteroatoms. The molecule has 0 aliphatic rings. The second kappa shape index (κ2) is 4.52. The molecule has 0 aromatic rings. The van der Waals surface area contributed by atoms with Gasteiger partial charge in [-0.15, -0.1) is 21.6 Å². The predicted octanol–water partition coefficient (Wildman–Crippen LogP) is 2.97. The number of hydrogen-bond acceptors (Lipinski definition) is 0. The molecule has 9 heavy (non-hydrogen) atoms. The van der Waals surface area contributed by atoms with Crippen LogP contribution in [0.4, 0.5) is 0 Å². The maximum atomic E-state index is 2.78. The second-order valence-corrected chi connectivity index (χ2v) is 3.97. The van der Waals surface area contributed by atoms with Crippen molar-refractivity contribution in [2.24, 2.45) is 11.3 Å². The van der Waals surface area contributed by atoms with E-state index in [1.165, 1.54) is 6.16 Å². The lowest BCUT2D eigenvalue weighted by Gasteiger charge is -2.25. The third-order valence-electron chi connectivity index (χ3n) is 1.83. The Balaban J connectivity index is 0. The molecule has 0 aliphatic carbocycles. The van der Waals surface area contributed by atoms with E-state index in [1.54, 1.807) is 0 Å². The molecule has 0 spiro atoms. The first-order valence-corrected chi connectivity index (χ1v) is 4.00. The molecule has 0 saturated heterocycles. The van der Waals surface area contributed by atoms with Gasteiger partial charge in [-0.05, 0) is 17.5 Å². The highest BCUT2D eigenvalue weighted by Gasteiger charge is 2.17. The topological polar surface area (TPSA) is 0 Å². The Morgan fingerprint density at radius 1 is 1.33 bits per heavy atom. The molecule has 0 nitrogen and oxygen atoms in total. The van der Waals surface area contributed by atoms with Crippen molar-refractivity contribution in [3.05, 3.63) is 0 Å². The minimum Gasteiger partial charge on any atom is -0.147 e. The smallest absolute Gasteiger partial charge is 0.0350 e. The summed E-state index contributed by atoms with van der Waals surface area (Å²) in [6.45, 7) is 9.12. The molecule has 0 aliphatic heterocycles. The van der Waals surface area contributed by atoms with Gasteiger partial charge < -0.3 is 0 Å². The summed E-state index contributed by atoms with van der Waals surface area (Å²) in [6.07, 6.45) is 1.21. The van der Waals surface area contributed by atoms with E-state index in [-0.39, 0.29) is 12.4 Å². The van der Waals surface area contributed by atoms with Crippen LogP contribution in [0.5, 0.6) is 0 Å². The highest BCUT2D eigenvalue weighted by Crippen LogP contribution is 2.26. The van der Waals surface area contributed by atoms with Crippen LogP contribution in [0.15, 0.2) is 0 Å². The average Bonchev–Trinajstić information content (AvgIpc) is 1.62. The highest BCUT2D eigenvalue weighted by atomic mass is 35.5. The molecule has 0 saturated carbocycles. The number of rotatable bonds is 1. The van der Waals surface area contributed by atoms with E-state index in [0.29, 0.717) is 5.41 Å². The molecule has 0 aromatic carbocycles. The van der Waals surface area contributed by atoms with Crippen molar-refractivity contribution < 1.29 is 0 Å². The maximum absolute atomic E-state index is 2.78. The van der Waals surface area contributed by atoms with Crippen LogP contribution < -0.4 is 0 Å². The maximum Gasteiger partial charge on any atom is -0.0350 e. The van der Waals surface area contributed by atoms with Gasteiger partial charge >= 0.3 is 0 Å². The largest absolute Gasteiger partial charge is 0.147 e. The Hall–Kier alpha value is 0.720. The van der Waals surface area contributed by atoms with E-state index < -0.39 is 0 Å². The van der Waals surface area contributed by atoms with E-state index >= 15 is 0 Å². The molecule has 0 aromatic heterocycles. The molecular formula is C7H18ClP. The molecule has 0 bridgehead atoms. The third-order valence-corrected chi connectivity index (χ3v) is 2.54. The molecule has 0 fully saturated rings. The Morgan fingerprint density at radius 2 is 1.67 bits per heavy atom. The molecule has 2 unspecified atom stereocenters. The standard InChI is InChI=1S/C7H17P.ClH/c1-6(5-8)7(2,3)4;/h6H,5,8H2,1-4H3;1H. The van der Waals surface area contributed by atoms with E-state index in [9.17, 15) is 0 Å². The first kappa shape index (κ1) is 12.4. The van der Waals surface area contributed by atoms with Crippen molar-refractivity contribution in [3.8, 4) is 0 Å². The van der Waals surface area contributed by atoms with Crippen LogP contribution in [0.3, 0.4) is 0 Å². The van der Waals surface area contributed by atoms with E-state index in [4.69, 9.17) is 0 Å². The minimum absolute atomic E-state index is 0. The van der Waals surface area contributed by atoms with Gasteiger partial charge in [0.25, 0.3) is 0 Å². The molecule has 2 atom stereocenters. The van der Waals surface area contributed by atoms with Gasteiger partial charge in [-0.2, -0.15) is 0 Å². The molecule has 0 radical (unpaired) electrons. The summed E-state index contributed by atoms with van der Waals surface area (Å²) in [6, 6.07) is 0. The zero-order valence-electron chi connectivity index (χ0n) is 6.77. The van der Waals surface area contributed by atoms with Gasteiger partial charge in [-0.1, -0.05) is 27.7 Å². The van der Waals surface area contributed by atoms with Gasteiger partial charge in [0.2, 0.25) is 0 Å². The Labute approximate surface area is 67.4 Å². The zero-order valence-corrected chi connectivity index (χ0v) is 8.74. The normalized spacial score (nSPS) is 14.3. The van der Waals surface area contributed by atoms with Crippen molar-refractivity contribution in [1.82, 2.24) is 0 Å². The van der Waals surface area contributed by atoms with Crippen LogP contribution in [0.25, 0.3) is 0 Å². The molecule has 0 amide bonds. The van der Waals surface area contributed by atoms with Crippen molar-refractivity contribution in [1.29, 1.82) is 0 Å². The van der Waals surface area contributed by atoms with Crippen LogP contribution in [-0.4, -0.2) is 6.16 Å². The predicted molar refractivity (Wildman–Crippen MR) is 50.4 cm³/mol. The Bertz CT molecular complexity index is 65.8. The number of hydrogen-bond donors (Lipinski definition) is 0. The first-order chi connectivity index (χ1) is 3.48. The molecule has 0 heterocycles. The fourth-order valence-electron chi connectivity index (χ4n) is 0.354. The Morgan fingerprint density at radius 3 is 1.67 bits per heavy atom. The molecular weight excluding hydrogens is 151 g/mol. The molecule has 0 N–H and O–H groups in total. The second-order valence-electron chi connectivity index (χ2n) is 3.50. The molecule has 58 valence electrons. The fourth-order valence-corrected chi connectivity index (χ4v) is 1.06. The van der Waals surface area contributed by atoms with Crippen LogP contribution in [-0.2, 0) is 0 Å². The summed E-state index contributed by atoms with van der Waals surface area (Å²) in [4.78, 5) is 0. The van der Waals surface area contributed by atoms with Crippen molar-refractivity contribution in [2.45, 2.75) is 27.7 Å². The van der Waals surface area contributed by atoms with Gasteiger partial charge in [-0.3, -0.25) is 0 Å². The van der Waals surface area contributed by atoms with E-state index in [0.717, 1.165) is 5.92 Å². The van der Waals surface area contributed by atoms with Gasteiger partial charge in [0.15, 0.2) is 0 Å². The minimum atomic E-state index is 0. The van der Waals surface area contributed by atoms with Gasteiger partial charge in [0.1, 0.15) is 0 Å². The lowest BCUT2D eigenvalue weighted by atomic mass is 9.83. The lowest BCUT2D eigenvalue weighted by Crippen LogP contribution is -2.17.